The lowest BCUT2D eigenvalue weighted by molar-refractivity contribution is -0.943. The van der Waals surface area contributed by atoms with Crippen molar-refractivity contribution in [1.82, 2.24) is 0 Å². The van der Waals surface area contributed by atoms with Crippen LogP contribution in [-0.4, -0.2) is 43.6 Å². The van der Waals surface area contributed by atoms with Crippen LogP contribution in [0.25, 0.3) is 0 Å². The molecule has 1 aliphatic heterocycles. The average Bonchev–Trinajstić information content (AvgIpc) is 2.92. The zero-order valence-corrected chi connectivity index (χ0v) is 26.9. The summed E-state index contributed by atoms with van der Waals surface area (Å²) in [5.74, 6) is 0.577. The van der Waals surface area contributed by atoms with Crippen molar-refractivity contribution in [2.24, 2.45) is 5.92 Å². The molecule has 41 heavy (non-hydrogen) atoms. The van der Waals surface area contributed by atoms with E-state index >= 15 is 0 Å². The summed E-state index contributed by atoms with van der Waals surface area (Å²) in [6.45, 7) is 13.5. The first kappa shape index (κ1) is 31.4. The van der Waals surface area contributed by atoms with Crippen LogP contribution in [-0.2, 0) is 16.7 Å². The summed E-state index contributed by atoms with van der Waals surface area (Å²) in [4.78, 5) is 4.94. The fourth-order valence-corrected chi connectivity index (χ4v) is 7.21. The normalized spacial score (nSPS) is 15.8. The van der Waals surface area contributed by atoms with Gasteiger partial charge in [-0.3, -0.25) is 4.55 Å². The Morgan fingerprint density at radius 2 is 1.59 bits per heavy atom. The Morgan fingerprint density at radius 1 is 0.976 bits per heavy atom. The van der Waals surface area contributed by atoms with Gasteiger partial charge in [-0.2, -0.15) is 8.42 Å². The predicted molar refractivity (Wildman–Crippen MR) is 172 cm³/mol. The maximum absolute atomic E-state index is 12.0. The van der Waals surface area contributed by atoms with Gasteiger partial charge < -0.3 is 9.38 Å². The number of hydrogen-bond acceptors (Lipinski definition) is 4. The second-order valence-electron chi connectivity index (χ2n) is 12.2. The molecule has 0 aliphatic carbocycles. The minimum absolute atomic E-state index is 0.0386. The number of nitrogens with zero attached hydrogens (tertiary/aromatic N) is 2. The molecule has 0 spiro atoms. The molecule has 1 aliphatic rings. The maximum atomic E-state index is 12.0. The van der Waals surface area contributed by atoms with Gasteiger partial charge in [-0.15, -0.1) is 0 Å². The molecule has 5 nitrogen and oxygen atoms in total. The summed E-state index contributed by atoms with van der Waals surface area (Å²) in [6.07, 6.45) is 5.65. The van der Waals surface area contributed by atoms with Crippen LogP contribution in [0.5, 0.6) is 0 Å². The lowest BCUT2D eigenvalue weighted by atomic mass is 9.98. The number of para-hydroxylation sites is 2. The van der Waals surface area contributed by atoms with Crippen LogP contribution >= 0.6 is 11.8 Å². The highest BCUT2D eigenvalue weighted by Gasteiger charge is 2.34. The number of rotatable bonds is 12. The molecular formula is C34H45N2O3S2+. The van der Waals surface area contributed by atoms with Gasteiger partial charge in [-0.05, 0) is 94.8 Å². The van der Waals surface area contributed by atoms with Crippen molar-refractivity contribution in [3.05, 3.63) is 89.5 Å². The number of aryl methyl sites for hydroxylation is 1. The van der Waals surface area contributed by atoms with Crippen molar-refractivity contribution in [1.29, 1.82) is 0 Å². The Hall–Kier alpha value is -2.58. The van der Waals surface area contributed by atoms with E-state index in [1.54, 1.807) is 6.07 Å². The number of allylic oxidation sites excluding steroid dienone is 2. The first-order valence-electron chi connectivity index (χ1n) is 14.6. The lowest BCUT2D eigenvalue weighted by Crippen LogP contribution is -2.55. The van der Waals surface area contributed by atoms with Crippen LogP contribution in [0.1, 0.15) is 58.1 Å². The molecule has 3 unspecified atom stereocenters. The molecule has 0 saturated carbocycles. The molecule has 220 valence electrons. The predicted octanol–water partition coefficient (Wildman–Crippen LogP) is 8.65. The van der Waals surface area contributed by atoms with Crippen LogP contribution in [0.15, 0.2) is 93.1 Å². The van der Waals surface area contributed by atoms with Crippen LogP contribution < -0.4 is 4.90 Å². The van der Waals surface area contributed by atoms with Crippen LogP contribution in [0, 0.1) is 12.8 Å². The van der Waals surface area contributed by atoms with Crippen molar-refractivity contribution in [3.8, 4) is 0 Å². The van der Waals surface area contributed by atoms with E-state index in [2.05, 4.69) is 94.2 Å². The quantitative estimate of drug-likeness (QED) is 0.129. The molecule has 0 saturated heterocycles. The molecule has 1 N–H and O–H groups in total. The van der Waals surface area contributed by atoms with E-state index in [4.69, 9.17) is 0 Å². The number of hydrogen-bond donors (Lipinski definition) is 1. The Bertz CT molecular complexity index is 1450. The van der Waals surface area contributed by atoms with E-state index in [9.17, 15) is 13.0 Å². The molecule has 0 bridgehead atoms. The van der Waals surface area contributed by atoms with E-state index in [-0.39, 0.29) is 10.9 Å². The van der Waals surface area contributed by atoms with Crippen molar-refractivity contribution in [2.75, 3.05) is 25.0 Å². The fraction of sp³-hybridized carbons (Fsp3) is 0.412. The highest BCUT2D eigenvalue weighted by molar-refractivity contribution is 7.99. The Labute approximate surface area is 251 Å². The molecule has 0 amide bonds. The lowest BCUT2D eigenvalue weighted by Gasteiger charge is -2.44. The van der Waals surface area contributed by atoms with Crippen LogP contribution in [0.2, 0.25) is 0 Å². The summed E-state index contributed by atoms with van der Waals surface area (Å²) >= 11 is 1.82. The van der Waals surface area contributed by atoms with Gasteiger partial charge in [-0.25, -0.2) is 0 Å². The third-order valence-electron chi connectivity index (χ3n) is 8.54. The topological polar surface area (TPSA) is 57.6 Å². The highest BCUT2D eigenvalue weighted by atomic mass is 32.2. The molecule has 3 atom stereocenters. The second kappa shape index (κ2) is 13.2. The molecule has 7 heteroatoms. The SMILES string of the molecule is CC(C)=CCCC(C)CC[N+](C)(Cc1cc(S(=O)(=O)O)ccc1C)C(C)CN1c2ccccc2Sc2ccccc21. The maximum Gasteiger partial charge on any atom is 0.294 e. The number of quaternary nitrogens is 1. The third-order valence-corrected chi connectivity index (χ3v) is 10.5. The summed E-state index contributed by atoms with van der Waals surface area (Å²) in [5.41, 5.74) is 5.82. The minimum atomic E-state index is -4.27. The van der Waals surface area contributed by atoms with Crippen LogP contribution in [0.4, 0.5) is 11.4 Å². The molecule has 3 aromatic rings. The van der Waals surface area contributed by atoms with Gasteiger partial charge in [0, 0.05) is 15.4 Å². The zero-order valence-electron chi connectivity index (χ0n) is 25.3. The number of anilines is 2. The van der Waals surface area contributed by atoms with E-state index < -0.39 is 10.1 Å². The van der Waals surface area contributed by atoms with Gasteiger partial charge in [0.25, 0.3) is 10.1 Å². The second-order valence-corrected chi connectivity index (χ2v) is 14.7. The van der Waals surface area contributed by atoms with Crippen molar-refractivity contribution in [2.45, 2.75) is 81.2 Å². The number of likely N-dealkylation sites (N-methyl/N-ethyl adjacent to an activating group) is 1. The highest BCUT2D eigenvalue weighted by Crippen LogP contribution is 2.48. The standard InChI is InChI=1S/C34H44N2O3S2/c1-25(2)12-11-13-26(3)20-21-36(6,24-29-22-30(41(37,38)39)19-18-27(29)4)28(5)23-35-31-14-7-9-16-33(31)40-34-17-10-8-15-32(34)35/h7-10,12,14-19,22,26,28H,11,13,20-21,23-24H2,1-6H3/p+1. The molecule has 0 radical (unpaired) electrons. The fourth-order valence-electron chi connectivity index (χ4n) is 5.58. The summed E-state index contributed by atoms with van der Waals surface area (Å²) in [5, 5.41) is 0. The minimum Gasteiger partial charge on any atom is -0.334 e. The molecular weight excluding hydrogens is 549 g/mol. The van der Waals surface area contributed by atoms with E-state index in [1.807, 2.05) is 24.8 Å². The summed E-state index contributed by atoms with van der Waals surface area (Å²) < 4.78 is 34.5. The molecule has 3 aromatic carbocycles. The molecule has 4 rings (SSSR count). The Balaban J connectivity index is 1.66. The largest absolute Gasteiger partial charge is 0.334 e. The van der Waals surface area contributed by atoms with Crippen molar-refractivity contribution < 1.29 is 17.5 Å². The summed E-state index contributed by atoms with van der Waals surface area (Å²) in [6, 6.07) is 22.4. The first-order valence-corrected chi connectivity index (χ1v) is 16.8. The average molecular weight is 594 g/mol. The van der Waals surface area contributed by atoms with E-state index in [1.165, 1.54) is 32.8 Å². The molecule has 1 heterocycles. The summed E-state index contributed by atoms with van der Waals surface area (Å²) in [7, 11) is -1.96. The van der Waals surface area contributed by atoms with Crippen molar-refractivity contribution in [3.63, 3.8) is 0 Å². The monoisotopic (exact) mass is 593 g/mol. The van der Waals surface area contributed by atoms with Gasteiger partial charge in [0.2, 0.25) is 0 Å². The number of fused-ring (bicyclic) bond motifs is 2. The molecule has 0 aromatic heterocycles. The van der Waals surface area contributed by atoms with Gasteiger partial charge in [0.05, 0.1) is 36.4 Å². The first-order chi connectivity index (χ1) is 19.4. The van der Waals surface area contributed by atoms with Gasteiger partial charge in [-0.1, -0.05) is 60.7 Å². The van der Waals surface area contributed by atoms with Gasteiger partial charge in [0.15, 0.2) is 0 Å². The Morgan fingerprint density at radius 3 is 2.17 bits per heavy atom. The van der Waals surface area contributed by atoms with Gasteiger partial charge >= 0.3 is 0 Å². The van der Waals surface area contributed by atoms with Crippen molar-refractivity contribution >= 4 is 33.3 Å². The van der Waals surface area contributed by atoms with E-state index in [0.717, 1.165) is 48.0 Å². The Kier molecular flexibility index (Phi) is 10.1. The smallest absolute Gasteiger partial charge is 0.294 e. The number of benzene rings is 3. The van der Waals surface area contributed by atoms with Gasteiger partial charge in [0.1, 0.15) is 12.6 Å². The third kappa shape index (κ3) is 7.83. The van der Waals surface area contributed by atoms with Crippen LogP contribution in [0.3, 0.4) is 0 Å². The molecule has 0 fully saturated rings. The van der Waals surface area contributed by atoms with E-state index in [0.29, 0.717) is 12.5 Å². The zero-order chi connectivity index (χ0) is 29.8.